The average Bonchev–Trinajstić information content (AvgIpc) is 3.31. The normalized spacial score (nSPS) is 10.4. The Morgan fingerprint density at radius 3 is 1.84 bits per heavy atom. The number of hydrogen-bond donors (Lipinski definition) is 0. The number of rotatable bonds is 2. The van der Waals surface area contributed by atoms with Gasteiger partial charge < -0.3 is 9.47 Å². The molecule has 0 aromatic heterocycles. The molecule has 3 heteroatoms. The maximum Gasteiger partial charge on any atom is 0.338 e. The number of carbonyl (C=O) groups is 1. The first-order valence-electron chi connectivity index (χ1n) is 7.06. The predicted octanol–water partition coefficient (Wildman–Crippen LogP) is 4.32. The Kier molecular flexibility index (Phi) is 17.5. The van der Waals surface area contributed by atoms with Gasteiger partial charge in [0.1, 0.15) is 0 Å². The third-order valence-corrected chi connectivity index (χ3v) is 1.49. The summed E-state index contributed by atoms with van der Waals surface area (Å²) >= 11 is 0. The van der Waals surface area contributed by atoms with Crippen molar-refractivity contribution in [2.75, 3.05) is 19.8 Å². The molecule has 0 unspecified atom stereocenters. The largest absolute Gasteiger partial charge is 0.462 e. The van der Waals surface area contributed by atoms with E-state index in [9.17, 15) is 4.79 Å². The molecule has 1 aromatic rings. The molecule has 0 atom stereocenters. The molecule has 2 rings (SSSR count). The molecule has 0 saturated carbocycles. The number of hydrogen-bond acceptors (Lipinski definition) is 3. The summed E-state index contributed by atoms with van der Waals surface area (Å²) in [6.45, 7) is 12.5. The van der Waals surface area contributed by atoms with Gasteiger partial charge in [-0.05, 0) is 19.1 Å². The summed E-state index contributed by atoms with van der Waals surface area (Å²) in [5.41, 5.74) is 0.606. The van der Waals surface area contributed by atoms with E-state index >= 15 is 0 Å². The van der Waals surface area contributed by atoms with Gasteiger partial charge in [0.15, 0.2) is 0 Å². The van der Waals surface area contributed by atoms with Crippen molar-refractivity contribution < 1.29 is 14.3 Å². The summed E-state index contributed by atoms with van der Waals surface area (Å²) in [4.78, 5) is 11.0. The van der Waals surface area contributed by atoms with Crippen LogP contribution in [0.5, 0.6) is 0 Å². The van der Waals surface area contributed by atoms with Gasteiger partial charge in [-0.25, -0.2) is 4.79 Å². The smallest absolute Gasteiger partial charge is 0.338 e. The van der Waals surface area contributed by atoms with Crippen molar-refractivity contribution >= 4 is 5.97 Å². The number of ether oxygens (including phenoxy) is 2. The lowest BCUT2D eigenvalue weighted by atomic mass is 10.2. The van der Waals surface area contributed by atoms with Gasteiger partial charge in [-0.3, -0.25) is 0 Å². The Morgan fingerprint density at radius 2 is 1.53 bits per heavy atom. The molecular formula is C16H28O3. The highest BCUT2D eigenvalue weighted by Crippen LogP contribution is 1.99. The second-order valence-electron chi connectivity index (χ2n) is 3.41. The highest BCUT2D eigenvalue weighted by molar-refractivity contribution is 5.89. The van der Waals surface area contributed by atoms with Gasteiger partial charge in [-0.2, -0.15) is 0 Å². The van der Waals surface area contributed by atoms with Gasteiger partial charge in [0.25, 0.3) is 0 Å². The van der Waals surface area contributed by atoms with Crippen molar-refractivity contribution in [1.82, 2.24) is 0 Å². The Balaban J connectivity index is 0. The second-order valence-corrected chi connectivity index (χ2v) is 3.41. The number of epoxide rings is 1. The highest BCUT2D eigenvalue weighted by Gasteiger charge is 2.02. The Labute approximate surface area is 117 Å². The van der Waals surface area contributed by atoms with Crippen LogP contribution in [-0.4, -0.2) is 25.8 Å². The molecule has 1 heterocycles. The average molecular weight is 268 g/mol. The molecule has 1 aromatic carbocycles. The van der Waals surface area contributed by atoms with Crippen molar-refractivity contribution in [2.24, 2.45) is 0 Å². The Hall–Kier alpha value is -1.35. The first-order chi connectivity index (χ1) is 9.26. The molecule has 0 bridgehead atoms. The van der Waals surface area contributed by atoms with Gasteiger partial charge in [0, 0.05) is 0 Å². The van der Waals surface area contributed by atoms with Crippen molar-refractivity contribution in [3.8, 4) is 0 Å². The Morgan fingerprint density at radius 1 is 1.11 bits per heavy atom. The van der Waals surface area contributed by atoms with E-state index in [4.69, 9.17) is 4.74 Å². The standard InChI is InChI=1S/C9H10O2.C3H8.C2H4O.C2H6/c1-2-11-9(10)8-6-4-3-5-7-8;1-3-2;1-2-3-1;1-2/h3-7H,2H2,1H3;3H2,1-2H3;1-2H2;1-2H3. The number of esters is 1. The number of benzene rings is 1. The molecule has 1 fully saturated rings. The summed E-state index contributed by atoms with van der Waals surface area (Å²) < 4.78 is 9.29. The van der Waals surface area contributed by atoms with E-state index < -0.39 is 0 Å². The first-order valence-corrected chi connectivity index (χ1v) is 7.06. The topological polar surface area (TPSA) is 38.8 Å². The van der Waals surface area contributed by atoms with Gasteiger partial charge in [-0.1, -0.05) is 52.3 Å². The minimum Gasteiger partial charge on any atom is -0.462 e. The summed E-state index contributed by atoms with van der Waals surface area (Å²) in [7, 11) is 0. The fourth-order valence-electron chi connectivity index (χ4n) is 0.789. The SMILES string of the molecule is C1CO1.CC.CCC.CCOC(=O)c1ccccc1. The summed E-state index contributed by atoms with van der Waals surface area (Å²) in [5.74, 6) is -0.256. The van der Waals surface area contributed by atoms with Crippen LogP contribution in [0.15, 0.2) is 30.3 Å². The minimum absolute atomic E-state index is 0.256. The monoisotopic (exact) mass is 268 g/mol. The first kappa shape index (κ1) is 20.0. The van der Waals surface area contributed by atoms with Crippen LogP contribution in [-0.2, 0) is 9.47 Å². The molecule has 0 amide bonds. The van der Waals surface area contributed by atoms with Crippen LogP contribution in [0.25, 0.3) is 0 Å². The van der Waals surface area contributed by atoms with Crippen LogP contribution in [0, 0.1) is 0 Å². The van der Waals surface area contributed by atoms with Crippen LogP contribution < -0.4 is 0 Å². The van der Waals surface area contributed by atoms with E-state index in [1.165, 1.54) is 6.42 Å². The summed E-state index contributed by atoms with van der Waals surface area (Å²) in [6.07, 6.45) is 1.25. The zero-order valence-corrected chi connectivity index (χ0v) is 12.9. The van der Waals surface area contributed by atoms with Crippen molar-refractivity contribution in [3.05, 3.63) is 35.9 Å². The third-order valence-electron chi connectivity index (χ3n) is 1.49. The lowest BCUT2D eigenvalue weighted by molar-refractivity contribution is 0.0526. The minimum atomic E-state index is -0.256. The maximum absolute atomic E-state index is 11.0. The molecule has 1 aliphatic heterocycles. The van der Waals surface area contributed by atoms with Crippen LogP contribution in [0.2, 0.25) is 0 Å². The highest BCUT2D eigenvalue weighted by atomic mass is 16.6. The van der Waals surface area contributed by atoms with Crippen molar-refractivity contribution in [3.63, 3.8) is 0 Å². The fourth-order valence-corrected chi connectivity index (χ4v) is 0.789. The molecule has 110 valence electrons. The van der Waals surface area contributed by atoms with Crippen LogP contribution in [0.4, 0.5) is 0 Å². The molecule has 1 saturated heterocycles. The third kappa shape index (κ3) is 16.6. The number of carbonyl (C=O) groups excluding carboxylic acids is 1. The van der Waals surface area contributed by atoms with Crippen LogP contribution >= 0.6 is 0 Å². The van der Waals surface area contributed by atoms with Gasteiger partial charge >= 0.3 is 5.97 Å². The molecule has 1 aliphatic rings. The lowest BCUT2D eigenvalue weighted by Crippen LogP contribution is -2.03. The zero-order chi connectivity index (χ0) is 14.9. The molecular weight excluding hydrogens is 240 g/mol. The van der Waals surface area contributed by atoms with E-state index in [2.05, 4.69) is 18.6 Å². The molecule has 3 nitrogen and oxygen atoms in total. The van der Waals surface area contributed by atoms with E-state index in [-0.39, 0.29) is 5.97 Å². The molecule has 19 heavy (non-hydrogen) atoms. The molecule has 0 N–H and O–H groups in total. The zero-order valence-electron chi connectivity index (χ0n) is 12.9. The molecule has 0 radical (unpaired) electrons. The van der Waals surface area contributed by atoms with E-state index in [1.807, 2.05) is 32.0 Å². The van der Waals surface area contributed by atoms with Gasteiger partial charge in [0.05, 0.1) is 25.4 Å². The van der Waals surface area contributed by atoms with Crippen LogP contribution in [0.1, 0.15) is 51.4 Å². The van der Waals surface area contributed by atoms with Gasteiger partial charge in [-0.15, -0.1) is 0 Å². The quantitative estimate of drug-likeness (QED) is 0.592. The predicted molar refractivity (Wildman–Crippen MR) is 80.5 cm³/mol. The maximum atomic E-state index is 11.0. The summed E-state index contributed by atoms with van der Waals surface area (Å²) in [5, 5.41) is 0. The Bertz CT molecular complexity index is 279. The van der Waals surface area contributed by atoms with E-state index in [0.717, 1.165) is 13.2 Å². The van der Waals surface area contributed by atoms with Crippen molar-refractivity contribution in [1.29, 1.82) is 0 Å². The van der Waals surface area contributed by atoms with Gasteiger partial charge in [0.2, 0.25) is 0 Å². The second kappa shape index (κ2) is 16.6. The lowest BCUT2D eigenvalue weighted by Gasteiger charge is -1.99. The fraction of sp³-hybridized carbons (Fsp3) is 0.562. The van der Waals surface area contributed by atoms with Crippen molar-refractivity contribution in [2.45, 2.75) is 41.0 Å². The van der Waals surface area contributed by atoms with E-state index in [0.29, 0.717) is 12.2 Å². The van der Waals surface area contributed by atoms with E-state index in [1.54, 1.807) is 19.1 Å². The molecule has 0 aliphatic carbocycles. The summed E-state index contributed by atoms with van der Waals surface area (Å²) in [6, 6.07) is 8.96. The molecule has 0 spiro atoms. The van der Waals surface area contributed by atoms with Crippen LogP contribution in [0.3, 0.4) is 0 Å².